The van der Waals surface area contributed by atoms with Gasteiger partial charge in [0.2, 0.25) is 5.91 Å². The summed E-state index contributed by atoms with van der Waals surface area (Å²) in [6, 6.07) is 0. The first kappa shape index (κ1) is 17.4. The van der Waals surface area contributed by atoms with Gasteiger partial charge in [0.1, 0.15) is 0 Å². The fourth-order valence-corrected chi connectivity index (χ4v) is 3.30. The van der Waals surface area contributed by atoms with E-state index in [0.29, 0.717) is 12.5 Å². The molecule has 4 heteroatoms. The number of carbonyl (C=O) groups excluding carboxylic acids is 1. The Morgan fingerprint density at radius 3 is 2.25 bits per heavy atom. The Balaban J connectivity index is 2.49. The van der Waals surface area contributed by atoms with E-state index in [9.17, 15) is 4.79 Å². The van der Waals surface area contributed by atoms with Crippen molar-refractivity contribution < 1.29 is 4.79 Å². The zero-order chi connectivity index (χ0) is 15.0. The van der Waals surface area contributed by atoms with Gasteiger partial charge in [0.25, 0.3) is 0 Å². The van der Waals surface area contributed by atoms with Crippen LogP contribution in [0.15, 0.2) is 0 Å². The van der Waals surface area contributed by atoms with Crippen LogP contribution in [0.1, 0.15) is 52.4 Å². The summed E-state index contributed by atoms with van der Waals surface area (Å²) >= 11 is 0. The predicted octanol–water partition coefficient (Wildman–Crippen LogP) is 1.99. The predicted molar refractivity (Wildman–Crippen MR) is 84.5 cm³/mol. The van der Waals surface area contributed by atoms with Gasteiger partial charge in [-0.2, -0.15) is 0 Å². The third-order valence-corrected chi connectivity index (χ3v) is 4.72. The number of carbonyl (C=O) groups is 1. The molecular weight excluding hydrogens is 250 g/mol. The lowest BCUT2D eigenvalue weighted by Crippen LogP contribution is -2.48. The van der Waals surface area contributed by atoms with E-state index in [0.717, 1.165) is 45.3 Å². The lowest BCUT2D eigenvalue weighted by atomic mass is 9.78. The molecule has 1 aliphatic rings. The van der Waals surface area contributed by atoms with E-state index in [4.69, 9.17) is 5.73 Å². The summed E-state index contributed by atoms with van der Waals surface area (Å²) < 4.78 is 0. The van der Waals surface area contributed by atoms with Crippen molar-refractivity contribution in [2.45, 2.75) is 52.4 Å². The van der Waals surface area contributed by atoms with Crippen molar-refractivity contribution in [3.8, 4) is 0 Å². The molecule has 1 fully saturated rings. The SMILES string of the molecule is CCCC(CN)(CCC)C(=O)NCC1CCN(C)CC1. The van der Waals surface area contributed by atoms with Crippen molar-refractivity contribution in [3.05, 3.63) is 0 Å². The number of nitrogens with two attached hydrogens (primary N) is 1. The highest BCUT2D eigenvalue weighted by atomic mass is 16.2. The van der Waals surface area contributed by atoms with Crippen LogP contribution in [-0.4, -0.2) is 44.0 Å². The smallest absolute Gasteiger partial charge is 0.227 e. The third-order valence-electron chi connectivity index (χ3n) is 4.72. The Hall–Kier alpha value is -0.610. The molecule has 0 aliphatic carbocycles. The average molecular weight is 283 g/mol. The summed E-state index contributed by atoms with van der Waals surface area (Å²) in [6.45, 7) is 7.84. The number of hydrogen-bond donors (Lipinski definition) is 2. The minimum absolute atomic E-state index is 0.183. The zero-order valence-electron chi connectivity index (χ0n) is 13.6. The molecule has 0 atom stereocenters. The van der Waals surface area contributed by atoms with Crippen molar-refractivity contribution >= 4 is 5.91 Å². The summed E-state index contributed by atoms with van der Waals surface area (Å²) in [4.78, 5) is 14.9. The van der Waals surface area contributed by atoms with Gasteiger partial charge in [-0.15, -0.1) is 0 Å². The van der Waals surface area contributed by atoms with Gasteiger partial charge >= 0.3 is 0 Å². The minimum Gasteiger partial charge on any atom is -0.355 e. The maximum atomic E-state index is 12.6. The van der Waals surface area contributed by atoms with E-state index in [1.54, 1.807) is 0 Å². The highest BCUT2D eigenvalue weighted by Gasteiger charge is 2.35. The number of rotatable bonds is 8. The second-order valence-electron chi connectivity index (χ2n) is 6.44. The van der Waals surface area contributed by atoms with Crippen LogP contribution in [0.25, 0.3) is 0 Å². The molecule has 1 saturated heterocycles. The van der Waals surface area contributed by atoms with Crippen LogP contribution in [0, 0.1) is 11.3 Å². The fourth-order valence-electron chi connectivity index (χ4n) is 3.30. The second kappa shape index (κ2) is 8.63. The molecule has 0 saturated carbocycles. The molecule has 4 nitrogen and oxygen atoms in total. The van der Waals surface area contributed by atoms with Crippen LogP contribution in [0.4, 0.5) is 0 Å². The molecule has 0 unspecified atom stereocenters. The minimum atomic E-state index is -0.338. The largest absolute Gasteiger partial charge is 0.355 e. The van der Waals surface area contributed by atoms with Crippen LogP contribution in [-0.2, 0) is 4.79 Å². The van der Waals surface area contributed by atoms with E-state index in [1.165, 1.54) is 12.8 Å². The van der Waals surface area contributed by atoms with Gasteiger partial charge in [-0.05, 0) is 51.7 Å². The quantitative estimate of drug-likeness (QED) is 0.716. The number of amides is 1. The summed E-state index contributed by atoms with van der Waals surface area (Å²) in [6.07, 6.45) is 6.20. The number of nitrogens with one attached hydrogen (secondary N) is 1. The normalized spacial score (nSPS) is 18.2. The van der Waals surface area contributed by atoms with Gasteiger partial charge in [-0.3, -0.25) is 4.79 Å². The summed E-state index contributed by atoms with van der Waals surface area (Å²) in [7, 11) is 2.16. The molecule has 3 N–H and O–H groups in total. The van der Waals surface area contributed by atoms with Gasteiger partial charge < -0.3 is 16.0 Å². The summed E-state index contributed by atoms with van der Waals surface area (Å²) in [5.41, 5.74) is 5.60. The number of nitrogens with zero attached hydrogens (tertiary/aromatic N) is 1. The number of hydrogen-bond acceptors (Lipinski definition) is 3. The van der Waals surface area contributed by atoms with Gasteiger partial charge in [-0.1, -0.05) is 26.7 Å². The maximum absolute atomic E-state index is 12.6. The molecule has 1 amide bonds. The van der Waals surface area contributed by atoms with Gasteiger partial charge in [0.15, 0.2) is 0 Å². The van der Waals surface area contributed by atoms with Crippen LogP contribution >= 0.6 is 0 Å². The van der Waals surface area contributed by atoms with E-state index in [-0.39, 0.29) is 11.3 Å². The van der Waals surface area contributed by atoms with Gasteiger partial charge in [-0.25, -0.2) is 0 Å². The monoisotopic (exact) mass is 283 g/mol. The van der Waals surface area contributed by atoms with E-state index < -0.39 is 0 Å². The third kappa shape index (κ3) is 4.74. The fraction of sp³-hybridized carbons (Fsp3) is 0.938. The van der Waals surface area contributed by atoms with Crippen molar-refractivity contribution in [1.82, 2.24) is 10.2 Å². The molecule has 0 bridgehead atoms. The highest BCUT2D eigenvalue weighted by Crippen LogP contribution is 2.29. The lowest BCUT2D eigenvalue weighted by Gasteiger charge is -2.33. The zero-order valence-corrected chi connectivity index (χ0v) is 13.6. The Bertz CT molecular complexity index is 279. The van der Waals surface area contributed by atoms with Crippen LogP contribution in [0.2, 0.25) is 0 Å². The van der Waals surface area contributed by atoms with Crippen LogP contribution in [0.3, 0.4) is 0 Å². The molecule has 1 aliphatic heterocycles. The molecule has 1 heterocycles. The molecular formula is C16H33N3O. The maximum Gasteiger partial charge on any atom is 0.227 e. The molecule has 0 radical (unpaired) electrons. The van der Waals surface area contributed by atoms with Crippen LogP contribution in [0.5, 0.6) is 0 Å². The summed E-state index contributed by atoms with van der Waals surface area (Å²) in [5.74, 6) is 0.816. The Kier molecular flexibility index (Phi) is 7.52. The van der Waals surface area contributed by atoms with Gasteiger partial charge in [0, 0.05) is 13.1 Å². The molecule has 0 aromatic carbocycles. The molecule has 1 rings (SSSR count). The van der Waals surface area contributed by atoms with Crippen molar-refractivity contribution in [2.24, 2.45) is 17.1 Å². The van der Waals surface area contributed by atoms with Gasteiger partial charge in [0.05, 0.1) is 5.41 Å². The molecule has 20 heavy (non-hydrogen) atoms. The highest BCUT2D eigenvalue weighted by molar-refractivity contribution is 5.82. The Labute approximate surface area is 124 Å². The second-order valence-corrected chi connectivity index (χ2v) is 6.44. The molecule has 0 spiro atoms. The summed E-state index contributed by atoms with van der Waals surface area (Å²) in [5, 5.41) is 3.19. The number of likely N-dealkylation sites (tertiary alicyclic amines) is 1. The van der Waals surface area contributed by atoms with Crippen molar-refractivity contribution in [1.29, 1.82) is 0 Å². The van der Waals surface area contributed by atoms with E-state index in [2.05, 4.69) is 31.1 Å². The van der Waals surface area contributed by atoms with Crippen molar-refractivity contribution in [2.75, 3.05) is 33.2 Å². The molecule has 0 aromatic heterocycles. The number of piperidine rings is 1. The van der Waals surface area contributed by atoms with Crippen LogP contribution < -0.4 is 11.1 Å². The standard InChI is InChI=1S/C16H33N3O/c1-4-8-16(13-17,9-5-2)15(20)18-12-14-6-10-19(3)11-7-14/h14H,4-13,17H2,1-3H3,(H,18,20). The van der Waals surface area contributed by atoms with Crippen molar-refractivity contribution in [3.63, 3.8) is 0 Å². The Morgan fingerprint density at radius 1 is 1.25 bits per heavy atom. The first-order valence-electron chi connectivity index (χ1n) is 8.25. The molecule has 0 aromatic rings. The topological polar surface area (TPSA) is 58.4 Å². The lowest BCUT2D eigenvalue weighted by molar-refractivity contribution is -0.131. The first-order valence-corrected chi connectivity index (χ1v) is 8.25. The Morgan fingerprint density at radius 2 is 1.80 bits per heavy atom. The average Bonchev–Trinajstić information content (AvgIpc) is 2.46. The first-order chi connectivity index (χ1) is 9.57. The molecule has 118 valence electrons. The van der Waals surface area contributed by atoms with E-state index >= 15 is 0 Å². The van der Waals surface area contributed by atoms with E-state index in [1.807, 2.05) is 0 Å².